The first-order valence-electron chi connectivity index (χ1n) is 9.94. The van der Waals surface area contributed by atoms with Gasteiger partial charge in [-0.15, -0.1) is 0 Å². The molecule has 8 nitrogen and oxygen atoms in total. The molecule has 0 atom stereocenters. The van der Waals surface area contributed by atoms with Crippen molar-refractivity contribution in [3.05, 3.63) is 86.4 Å². The molecular formula is C24H18Cl3N3O5. The summed E-state index contributed by atoms with van der Waals surface area (Å²) in [6, 6.07) is 13.9. The average Bonchev–Trinajstić information content (AvgIpc) is 2.84. The molecule has 11 heteroatoms. The van der Waals surface area contributed by atoms with Gasteiger partial charge in [-0.1, -0.05) is 40.9 Å². The first-order valence-corrected chi connectivity index (χ1v) is 11.1. The third-order valence-electron chi connectivity index (χ3n) is 4.65. The van der Waals surface area contributed by atoms with Crippen molar-refractivity contribution in [2.24, 2.45) is 5.10 Å². The molecule has 0 saturated heterocycles. The van der Waals surface area contributed by atoms with Crippen LogP contribution in [0.1, 0.15) is 21.5 Å². The Labute approximate surface area is 215 Å². The summed E-state index contributed by atoms with van der Waals surface area (Å²) in [4.78, 5) is 36.6. The van der Waals surface area contributed by atoms with E-state index in [-0.39, 0.29) is 22.1 Å². The Bertz CT molecular complexity index is 1330. The highest BCUT2D eigenvalue weighted by atomic mass is 35.5. The van der Waals surface area contributed by atoms with Gasteiger partial charge in [0.2, 0.25) is 0 Å². The van der Waals surface area contributed by atoms with E-state index in [4.69, 9.17) is 44.3 Å². The monoisotopic (exact) mass is 533 g/mol. The van der Waals surface area contributed by atoms with Gasteiger partial charge >= 0.3 is 17.8 Å². The van der Waals surface area contributed by atoms with Crippen LogP contribution in [0.3, 0.4) is 0 Å². The Kier molecular flexibility index (Phi) is 8.70. The lowest BCUT2D eigenvalue weighted by atomic mass is 10.2. The summed E-state index contributed by atoms with van der Waals surface area (Å²) in [6.07, 6.45) is 1.29. The molecule has 0 unspecified atom stereocenters. The number of nitrogens with one attached hydrogen (secondary N) is 2. The van der Waals surface area contributed by atoms with Crippen LogP contribution < -0.4 is 20.2 Å². The Morgan fingerprint density at radius 1 is 0.886 bits per heavy atom. The molecule has 2 amide bonds. The number of methoxy groups -OCH3 is 1. The summed E-state index contributed by atoms with van der Waals surface area (Å²) >= 11 is 17.8. The summed E-state index contributed by atoms with van der Waals surface area (Å²) in [7, 11) is 1.40. The number of ether oxygens (including phenoxy) is 2. The number of nitrogens with zero attached hydrogens (tertiary/aromatic N) is 1. The van der Waals surface area contributed by atoms with Crippen LogP contribution in [0.15, 0.2) is 59.7 Å². The van der Waals surface area contributed by atoms with Crippen LogP contribution in [0.4, 0.5) is 5.69 Å². The van der Waals surface area contributed by atoms with E-state index in [9.17, 15) is 14.4 Å². The van der Waals surface area contributed by atoms with Crippen molar-refractivity contribution in [3.8, 4) is 11.5 Å². The van der Waals surface area contributed by atoms with E-state index in [2.05, 4.69) is 15.8 Å². The van der Waals surface area contributed by atoms with E-state index in [1.54, 1.807) is 31.2 Å². The van der Waals surface area contributed by atoms with Crippen LogP contribution in [-0.4, -0.2) is 31.1 Å². The lowest BCUT2D eigenvalue weighted by molar-refractivity contribution is -0.136. The molecule has 0 saturated carbocycles. The number of esters is 1. The second-order valence-corrected chi connectivity index (χ2v) is 8.22. The van der Waals surface area contributed by atoms with Gasteiger partial charge < -0.3 is 14.8 Å². The number of carbonyl (C=O) groups is 3. The van der Waals surface area contributed by atoms with Crippen LogP contribution in [-0.2, 0) is 9.59 Å². The topological polar surface area (TPSA) is 106 Å². The van der Waals surface area contributed by atoms with Gasteiger partial charge in [0.1, 0.15) is 0 Å². The number of benzene rings is 3. The normalized spacial score (nSPS) is 10.7. The predicted molar refractivity (Wildman–Crippen MR) is 135 cm³/mol. The molecule has 0 aliphatic rings. The van der Waals surface area contributed by atoms with Crippen molar-refractivity contribution in [1.82, 2.24) is 5.43 Å². The summed E-state index contributed by atoms with van der Waals surface area (Å²) < 4.78 is 10.6. The maximum Gasteiger partial charge on any atom is 0.343 e. The number of hydrogen-bond donors (Lipinski definition) is 2. The van der Waals surface area contributed by atoms with Crippen LogP contribution in [0.25, 0.3) is 0 Å². The van der Waals surface area contributed by atoms with Gasteiger partial charge in [-0.3, -0.25) is 9.59 Å². The SMILES string of the molecule is COc1cc(/C=N\NC(=O)C(=O)Nc2cccc(Cl)c2C)ccc1OC(=O)c1ccc(Cl)c(Cl)c1. The van der Waals surface area contributed by atoms with Crippen LogP contribution >= 0.6 is 34.8 Å². The molecule has 0 radical (unpaired) electrons. The molecule has 2 N–H and O–H groups in total. The zero-order valence-corrected chi connectivity index (χ0v) is 20.7. The van der Waals surface area contributed by atoms with Gasteiger partial charge in [0.05, 0.1) is 28.9 Å². The fourth-order valence-electron chi connectivity index (χ4n) is 2.77. The van der Waals surface area contributed by atoms with E-state index in [0.717, 1.165) is 0 Å². The largest absolute Gasteiger partial charge is 0.493 e. The number of hydrogen-bond acceptors (Lipinski definition) is 6. The Balaban J connectivity index is 1.63. The Morgan fingerprint density at radius 3 is 2.37 bits per heavy atom. The number of carbonyl (C=O) groups excluding carboxylic acids is 3. The molecule has 0 bridgehead atoms. The minimum Gasteiger partial charge on any atom is -0.493 e. The summed E-state index contributed by atoms with van der Waals surface area (Å²) in [5.74, 6) is -2.14. The van der Waals surface area contributed by atoms with Crippen molar-refractivity contribution >= 4 is 64.5 Å². The van der Waals surface area contributed by atoms with Crippen LogP contribution in [0.5, 0.6) is 11.5 Å². The summed E-state index contributed by atoms with van der Waals surface area (Å²) in [5.41, 5.74) is 3.89. The molecule has 0 spiro atoms. The number of amides is 2. The molecule has 0 heterocycles. The molecule has 3 aromatic rings. The fraction of sp³-hybridized carbons (Fsp3) is 0.0833. The second kappa shape index (κ2) is 11.7. The lowest BCUT2D eigenvalue weighted by Crippen LogP contribution is -2.32. The van der Waals surface area contributed by atoms with Gasteiger partial charge in [0, 0.05) is 10.7 Å². The summed E-state index contributed by atoms with van der Waals surface area (Å²) in [5, 5.41) is 7.24. The maximum absolute atomic E-state index is 12.4. The van der Waals surface area contributed by atoms with Gasteiger partial charge in [0.15, 0.2) is 11.5 Å². The number of hydrazone groups is 1. The molecule has 35 heavy (non-hydrogen) atoms. The number of rotatable bonds is 6. The first-order chi connectivity index (χ1) is 16.7. The lowest BCUT2D eigenvalue weighted by Gasteiger charge is -2.10. The van der Waals surface area contributed by atoms with Gasteiger partial charge in [-0.05, 0) is 66.6 Å². The van der Waals surface area contributed by atoms with Gasteiger partial charge in [-0.25, -0.2) is 10.2 Å². The molecule has 3 aromatic carbocycles. The third-order valence-corrected chi connectivity index (χ3v) is 5.80. The molecular weight excluding hydrogens is 517 g/mol. The fourth-order valence-corrected chi connectivity index (χ4v) is 3.24. The minimum atomic E-state index is -0.972. The highest BCUT2D eigenvalue weighted by Crippen LogP contribution is 2.29. The maximum atomic E-state index is 12.4. The first kappa shape index (κ1) is 26.0. The van der Waals surface area contributed by atoms with Crippen molar-refractivity contribution < 1.29 is 23.9 Å². The zero-order valence-electron chi connectivity index (χ0n) is 18.4. The predicted octanol–water partition coefficient (Wildman–Crippen LogP) is 5.27. The molecule has 0 aliphatic heterocycles. The highest BCUT2D eigenvalue weighted by molar-refractivity contribution is 6.42. The highest BCUT2D eigenvalue weighted by Gasteiger charge is 2.16. The van der Waals surface area contributed by atoms with E-state index in [1.807, 2.05) is 0 Å². The second-order valence-electron chi connectivity index (χ2n) is 6.99. The average molecular weight is 535 g/mol. The quantitative estimate of drug-likeness (QED) is 0.147. The Morgan fingerprint density at radius 2 is 1.66 bits per heavy atom. The number of halogens is 3. The standard InChI is InChI=1S/C24H18Cl3N3O5/c1-13-16(25)4-3-5-19(13)29-22(31)23(32)30-28-12-14-6-9-20(21(10-14)34-2)35-24(33)15-7-8-17(26)18(27)11-15/h3-12H,1-2H3,(H,29,31)(H,30,32)/b28-12-. The molecule has 0 fully saturated rings. The number of anilines is 1. The van der Waals surface area contributed by atoms with E-state index < -0.39 is 17.8 Å². The smallest absolute Gasteiger partial charge is 0.343 e. The molecule has 180 valence electrons. The van der Waals surface area contributed by atoms with Crippen LogP contribution in [0.2, 0.25) is 15.1 Å². The third kappa shape index (κ3) is 6.73. The van der Waals surface area contributed by atoms with Crippen LogP contribution in [0, 0.1) is 6.92 Å². The van der Waals surface area contributed by atoms with Crippen molar-refractivity contribution in [2.75, 3.05) is 12.4 Å². The molecule has 0 aliphatic carbocycles. The molecule has 3 rings (SSSR count). The van der Waals surface area contributed by atoms with Gasteiger partial charge in [-0.2, -0.15) is 5.10 Å². The Hall–Kier alpha value is -3.59. The van der Waals surface area contributed by atoms with Gasteiger partial charge in [0.25, 0.3) is 0 Å². The summed E-state index contributed by atoms with van der Waals surface area (Å²) in [6.45, 7) is 1.72. The molecule has 0 aromatic heterocycles. The zero-order chi connectivity index (χ0) is 25.5. The van der Waals surface area contributed by atoms with Crippen molar-refractivity contribution in [1.29, 1.82) is 0 Å². The van der Waals surface area contributed by atoms with E-state index in [1.165, 1.54) is 43.7 Å². The van der Waals surface area contributed by atoms with E-state index in [0.29, 0.717) is 26.9 Å². The van der Waals surface area contributed by atoms with E-state index >= 15 is 0 Å². The minimum absolute atomic E-state index is 0.154. The van der Waals surface area contributed by atoms with Crippen molar-refractivity contribution in [3.63, 3.8) is 0 Å². The van der Waals surface area contributed by atoms with Crippen molar-refractivity contribution in [2.45, 2.75) is 6.92 Å².